The Balaban J connectivity index is 1.53. The van der Waals surface area contributed by atoms with E-state index in [1.807, 2.05) is 49.4 Å². The lowest BCUT2D eigenvalue weighted by Crippen LogP contribution is -2.55. The fraction of sp³-hybridized carbons (Fsp3) is 0.520. The largest absolute Gasteiger partial charge is 0.394 e. The van der Waals surface area contributed by atoms with Crippen LogP contribution in [0.3, 0.4) is 0 Å². The molecule has 2 fully saturated rings. The molecule has 2 aliphatic heterocycles. The lowest BCUT2D eigenvalue weighted by atomic mass is 9.85. The number of aliphatic hydroxyl groups excluding tert-OH is 4. The molecule has 174 valence electrons. The molecule has 0 saturated carbocycles. The molecule has 0 unspecified atom stereocenters. The van der Waals surface area contributed by atoms with Crippen molar-refractivity contribution in [3.63, 3.8) is 0 Å². The van der Waals surface area contributed by atoms with E-state index in [0.717, 1.165) is 22.3 Å². The van der Waals surface area contributed by atoms with Gasteiger partial charge in [0.05, 0.1) is 12.2 Å². The molecule has 0 amide bonds. The van der Waals surface area contributed by atoms with Crippen LogP contribution < -0.4 is 0 Å². The zero-order valence-electron chi connectivity index (χ0n) is 18.2. The highest BCUT2D eigenvalue weighted by Crippen LogP contribution is 2.34. The van der Waals surface area contributed by atoms with Gasteiger partial charge in [-0.3, -0.25) is 0 Å². The van der Waals surface area contributed by atoms with E-state index in [2.05, 4.69) is 0 Å². The Labute approximate surface area is 187 Å². The second-order valence-corrected chi connectivity index (χ2v) is 8.95. The van der Waals surface area contributed by atoms with Crippen LogP contribution in [-0.2, 0) is 21.5 Å². The van der Waals surface area contributed by atoms with E-state index in [0.29, 0.717) is 38.0 Å². The van der Waals surface area contributed by atoms with Gasteiger partial charge >= 0.3 is 0 Å². The van der Waals surface area contributed by atoms with Crippen LogP contribution in [0.4, 0.5) is 0 Å². The molecule has 2 aliphatic rings. The molecule has 2 saturated heterocycles. The third-order valence-corrected chi connectivity index (χ3v) is 6.80. The predicted molar refractivity (Wildman–Crippen MR) is 117 cm³/mol. The molecule has 4 rings (SSSR count). The van der Waals surface area contributed by atoms with E-state index in [9.17, 15) is 25.5 Å². The minimum Gasteiger partial charge on any atom is -0.394 e. The number of aryl methyl sites for hydroxylation is 1. The molecule has 0 aliphatic carbocycles. The summed E-state index contributed by atoms with van der Waals surface area (Å²) < 4.78 is 11.1. The summed E-state index contributed by atoms with van der Waals surface area (Å²) in [6.45, 7) is 2.67. The molecule has 2 aromatic rings. The van der Waals surface area contributed by atoms with Crippen molar-refractivity contribution in [2.24, 2.45) is 0 Å². The van der Waals surface area contributed by atoms with E-state index in [1.165, 1.54) is 0 Å². The molecule has 5 atom stereocenters. The van der Waals surface area contributed by atoms with E-state index in [-0.39, 0.29) is 0 Å². The summed E-state index contributed by atoms with van der Waals surface area (Å²) in [4.78, 5) is 0. The predicted octanol–water partition coefficient (Wildman–Crippen LogP) is 1.10. The van der Waals surface area contributed by atoms with Gasteiger partial charge in [-0.1, -0.05) is 42.5 Å². The van der Waals surface area contributed by atoms with Crippen LogP contribution in [0.15, 0.2) is 42.5 Å². The summed E-state index contributed by atoms with van der Waals surface area (Å²) in [5.41, 5.74) is 3.93. The van der Waals surface area contributed by atoms with Crippen molar-refractivity contribution in [2.45, 2.75) is 62.3 Å². The van der Waals surface area contributed by atoms with Gasteiger partial charge in [-0.15, -0.1) is 0 Å². The molecule has 7 nitrogen and oxygen atoms in total. The van der Waals surface area contributed by atoms with Gasteiger partial charge in [-0.05, 0) is 41.2 Å². The van der Waals surface area contributed by atoms with Crippen molar-refractivity contribution in [2.75, 3.05) is 19.8 Å². The Kier molecular flexibility index (Phi) is 6.97. The van der Waals surface area contributed by atoms with Crippen LogP contribution in [0.1, 0.15) is 46.8 Å². The third-order valence-electron chi connectivity index (χ3n) is 6.80. The van der Waals surface area contributed by atoms with Crippen molar-refractivity contribution in [1.29, 1.82) is 0 Å². The molecular weight excluding hydrogens is 412 g/mol. The number of benzene rings is 2. The van der Waals surface area contributed by atoms with Crippen molar-refractivity contribution in [1.82, 2.24) is 0 Å². The third kappa shape index (κ3) is 4.61. The van der Waals surface area contributed by atoms with Gasteiger partial charge in [0.1, 0.15) is 30.5 Å². The summed E-state index contributed by atoms with van der Waals surface area (Å²) in [5, 5.41) is 50.9. The van der Waals surface area contributed by atoms with Gasteiger partial charge in [0.15, 0.2) is 0 Å². The highest BCUT2D eigenvalue weighted by Gasteiger charge is 2.44. The van der Waals surface area contributed by atoms with Crippen molar-refractivity contribution in [3.8, 4) is 0 Å². The zero-order chi connectivity index (χ0) is 22.9. The average Bonchev–Trinajstić information content (AvgIpc) is 2.80. The molecular formula is C25H32O7. The summed E-state index contributed by atoms with van der Waals surface area (Å²) in [6.07, 6.45) is -4.04. The fourth-order valence-corrected chi connectivity index (χ4v) is 4.59. The van der Waals surface area contributed by atoms with Crippen LogP contribution in [0.2, 0.25) is 0 Å². The molecule has 5 N–H and O–H groups in total. The van der Waals surface area contributed by atoms with E-state index in [4.69, 9.17) is 9.47 Å². The molecule has 0 aromatic heterocycles. The van der Waals surface area contributed by atoms with Crippen molar-refractivity contribution < 1.29 is 35.0 Å². The maximum absolute atomic E-state index is 10.9. The molecule has 2 aromatic carbocycles. The Morgan fingerprint density at radius 2 is 1.62 bits per heavy atom. The van der Waals surface area contributed by atoms with E-state index < -0.39 is 42.7 Å². The van der Waals surface area contributed by atoms with Crippen molar-refractivity contribution in [3.05, 3.63) is 70.3 Å². The first-order chi connectivity index (χ1) is 15.3. The van der Waals surface area contributed by atoms with Crippen LogP contribution in [0.5, 0.6) is 0 Å². The van der Waals surface area contributed by atoms with Gasteiger partial charge in [-0.2, -0.15) is 0 Å². The molecule has 2 heterocycles. The zero-order valence-corrected chi connectivity index (χ0v) is 18.2. The van der Waals surface area contributed by atoms with Crippen LogP contribution in [0.25, 0.3) is 0 Å². The molecule has 0 spiro atoms. The minimum absolute atomic E-state index is 0.453. The highest BCUT2D eigenvalue weighted by molar-refractivity contribution is 5.38. The molecule has 7 heteroatoms. The molecule has 0 radical (unpaired) electrons. The Hall–Kier alpha value is -1.84. The Morgan fingerprint density at radius 1 is 0.938 bits per heavy atom. The number of hydrogen-bond acceptors (Lipinski definition) is 7. The minimum atomic E-state index is -1.40. The van der Waals surface area contributed by atoms with Gasteiger partial charge < -0.3 is 35.0 Å². The standard InChI is InChI=1S/C25H32O7/c1-15-2-5-17(24-23(29)22(28)21(27)20(14-26)32-24)13-18(15)12-16-3-6-19(7-4-16)25(30)8-10-31-11-9-25/h2-7,13,20-24,26-30H,8-12,14H2,1H3/t20-,21-,22+,23-,24+/m1/s1. The highest BCUT2D eigenvalue weighted by atomic mass is 16.5. The summed E-state index contributed by atoms with van der Waals surface area (Å²) >= 11 is 0. The number of aliphatic hydroxyl groups is 5. The summed E-state index contributed by atoms with van der Waals surface area (Å²) in [6, 6.07) is 13.7. The number of rotatable bonds is 5. The van der Waals surface area contributed by atoms with Crippen LogP contribution in [0, 0.1) is 6.92 Å². The maximum Gasteiger partial charge on any atom is 0.113 e. The molecule has 0 bridgehead atoms. The van der Waals surface area contributed by atoms with E-state index >= 15 is 0 Å². The van der Waals surface area contributed by atoms with Crippen molar-refractivity contribution >= 4 is 0 Å². The summed E-state index contributed by atoms with van der Waals surface area (Å²) in [7, 11) is 0. The Morgan fingerprint density at radius 3 is 2.28 bits per heavy atom. The second kappa shape index (κ2) is 9.57. The Bertz CT molecular complexity index is 905. The monoisotopic (exact) mass is 444 g/mol. The van der Waals surface area contributed by atoms with Gasteiger partial charge in [0.2, 0.25) is 0 Å². The smallest absolute Gasteiger partial charge is 0.113 e. The maximum atomic E-state index is 10.9. The van der Waals surface area contributed by atoms with Gasteiger partial charge in [-0.25, -0.2) is 0 Å². The first-order valence-corrected chi connectivity index (χ1v) is 11.1. The molecule has 32 heavy (non-hydrogen) atoms. The first kappa shape index (κ1) is 23.3. The van der Waals surface area contributed by atoms with Gasteiger partial charge in [0.25, 0.3) is 0 Å². The lowest BCUT2D eigenvalue weighted by Gasteiger charge is -2.40. The van der Waals surface area contributed by atoms with Crippen LogP contribution >= 0.6 is 0 Å². The van der Waals surface area contributed by atoms with Crippen LogP contribution in [-0.4, -0.2) is 69.8 Å². The number of hydrogen-bond donors (Lipinski definition) is 5. The fourth-order valence-electron chi connectivity index (χ4n) is 4.59. The number of ether oxygens (including phenoxy) is 2. The lowest BCUT2D eigenvalue weighted by molar-refractivity contribution is -0.231. The SMILES string of the molecule is Cc1ccc([C@@H]2O[C@H](CO)[C@@H](O)[C@H](O)[C@H]2O)cc1Cc1ccc(C2(O)CCOCC2)cc1. The normalized spacial score (nSPS) is 30.2. The van der Waals surface area contributed by atoms with E-state index in [1.54, 1.807) is 0 Å². The first-order valence-electron chi connectivity index (χ1n) is 11.1. The average molecular weight is 445 g/mol. The van der Waals surface area contributed by atoms with Gasteiger partial charge in [0, 0.05) is 26.1 Å². The summed E-state index contributed by atoms with van der Waals surface area (Å²) in [5.74, 6) is 0. The topological polar surface area (TPSA) is 120 Å². The quantitative estimate of drug-likeness (QED) is 0.468. The second-order valence-electron chi connectivity index (χ2n) is 8.95.